The molecule has 0 aliphatic carbocycles. The maximum atomic E-state index is 11.6. The van der Waals surface area contributed by atoms with Gasteiger partial charge in [0.25, 0.3) is 5.91 Å². The van der Waals surface area contributed by atoms with Crippen molar-refractivity contribution in [2.75, 3.05) is 0 Å². The topological polar surface area (TPSA) is 79.3 Å². The molecule has 5 heteroatoms. The molecule has 1 rings (SSSR count). The van der Waals surface area contributed by atoms with Crippen molar-refractivity contribution in [3.05, 3.63) is 29.6 Å². The van der Waals surface area contributed by atoms with E-state index in [2.05, 4.69) is 16.2 Å². The summed E-state index contributed by atoms with van der Waals surface area (Å²) in [5.74, 6) is 0.737. The van der Waals surface area contributed by atoms with Crippen LogP contribution < -0.4 is 5.32 Å². The second-order valence-corrected chi connectivity index (χ2v) is 3.10. The molecule has 0 saturated carbocycles. The van der Waals surface area contributed by atoms with E-state index in [9.17, 15) is 9.59 Å². The number of aromatic carboxylic acids is 1. The molecule has 0 spiro atoms. The van der Waals surface area contributed by atoms with Gasteiger partial charge >= 0.3 is 5.97 Å². The molecule has 1 heterocycles. The molecule has 0 fully saturated rings. The average Bonchev–Trinajstić information content (AvgIpc) is 2.28. The lowest BCUT2D eigenvalue weighted by Crippen LogP contribution is -2.31. The van der Waals surface area contributed by atoms with Crippen molar-refractivity contribution in [2.24, 2.45) is 0 Å². The molecule has 0 saturated heterocycles. The van der Waals surface area contributed by atoms with E-state index < -0.39 is 17.9 Å². The summed E-state index contributed by atoms with van der Waals surface area (Å²) in [5.41, 5.74) is 0.0375. The van der Waals surface area contributed by atoms with Gasteiger partial charge in [0, 0.05) is 11.8 Å². The van der Waals surface area contributed by atoms with Gasteiger partial charge in [0.15, 0.2) is 0 Å². The molecular formula is C11H10N2O3. The van der Waals surface area contributed by atoms with E-state index in [-0.39, 0.29) is 11.3 Å². The summed E-state index contributed by atoms with van der Waals surface area (Å²) in [6.07, 6.45) is 6.37. The molecule has 0 aliphatic rings. The Kier molecular flexibility index (Phi) is 3.62. The zero-order valence-electron chi connectivity index (χ0n) is 8.60. The van der Waals surface area contributed by atoms with Gasteiger partial charge < -0.3 is 10.4 Å². The molecule has 2 N–H and O–H groups in total. The Morgan fingerprint density at radius 3 is 2.88 bits per heavy atom. The van der Waals surface area contributed by atoms with E-state index in [1.54, 1.807) is 6.92 Å². The number of hydrogen-bond acceptors (Lipinski definition) is 3. The molecule has 82 valence electrons. The fourth-order valence-corrected chi connectivity index (χ4v) is 1.01. The Hall–Kier alpha value is -2.35. The molecule has 0 bridgehead atoms. The van der Waals surface area contributed by atoms with Crippen LogP contribution in [-0.2, 0) is 0 Å². The molecule has 1 atom stereocenters. The minimum Gasteiger partial charge on any atom is -0.477 e. The maximum absolute atomic E-state index is 11.6. The van der Waals surface area contributed by atoms with Crippen LogP contribution in [-0.4, -0.2) is 28.0 Å². The first-order valence-corrected chi connectivity index (χ1v) is 4.51. The summed E-state index contributed by atoms with van der Waals surface area (Å²) >= 11 is 0. The number of rotatable bonds is 3. The molecule has 1 aromatic rings. The second kappa shape index (κ2) is 4.94. The van der Waals surface area contributed by atoms with Crippen LogP contribution in [0.15, 0.2) is 18.3 Å². The van der Waals surface area contributed by atoms with Crippen molar-refractivity contribution >= 4 is 11.9 Å². The first-order chi connectivity index (χ1) is 7.54. The summed E-state index contributed by atoms with van der Waals surface area (Å²) in [5, 5.41) is 11.2. The average molecular weight is 218 g/mol. The normalized spacial score (nSPS) is 11.2. The third-order valence-corrected chi connectivity index (χ3v) is 1.84. The number of nitrogens with zero attached hydrogens (tertiary/aromatic N) is 1. The van der Waals surface area contributed by atoms with Crippen LogP contribution in [0.4, 0.5) is 0 Å². The second-order valence-electron chi connectivity index (χ2n) is 3.10. The van der Waals surface area contributed by atoms with Gasteiger partial charge in [-0.15, -0.1) is 6.42 Å². The van der Waals surface area contributed by atoms with Crippen molar-refractivity contribution in [2.45, 2.75) is 13.0 Å². The molecule has 1 unspecified atom stereocenters. The zero-order chi connectivity index (χ0) is 12.1. The van der Waals surface area contributed by atoms with Gasteiger partial charge in [0.05, 0.1) is 6.04 Å². The highest BCUT2D eigenvalue weighted by atomic mass is 16.4. The Labute approximate surface area is 92.5 Å². The zero-order valence-corrected chi connectivity index (χ0v) is 8.60. The van der Waals surface area contributed by atoms with Crippen LogP contribution in [0.5, 0.6) is 0 Å². The Bertz CT molecular complexity index is 463. The minimum absolute atomic E-state index is 0.180. The van der Waals surface area contributed by atoms with Gasteiger partial charge in [0.2, 0.25) is 0 Å². The largest absolute Gasteiger partial charge is 0.477 e. The monoisotopic (exact) mass is 218 g/mol. The molecule has 0 aromatic carbocycles. The standard InChI is InChI=1S/C11H10N2O3/c1-3-7(2)13-10(14)8-4-5-12-9(6-8)11(15)16/h1,4-7H,2H3,(H,13,14)(H,15,16). The summed E-state index contributed by atoms with van der Waals surface area (Å²) in [7, 11) is 0. The van der Waals surface area contributed by atoms with Gasteiger partial charge in [-0.3, -0.25) is 4.79 Å². The Morgan fingerprint density at radius 2 is 2.31 bits per heavy atom. The number of aromatic nitrogens is 1. The smallest absolute Gasteiger partial charge is 0.354 e. The fraction of sp³-hybridized carbons (Fsp3) is 0.182. The number of pyridine rings is 1. The number of carbonyl (C=O) groups excluding carboxylic acids is 1. The number of carboxylic acid groups (broad SMARTS) is 1. The molecule has 16 heavy (non-hydrogen) atoms. The third kappa shape index (κ3) is 2.82. The summed E-state index contributed by atoms with van der Waals surface area (Å²) in [4.78, 5) is 25.8. The van der Waals surface area contributed by atoms with Gasteiger partial charge in [0.1, 0.15) is 5.69 Å². The van der Waals surface area contributed by atoms with Crippen LogP contribution >= 0.6 is 0 Å². The maximum Gasteiger partial charge on any atom is 0.354 e. The van der Waals surface area contributed by atoms with Gasteiger partial charge in [-0.05, 0) is 19.1 Å². The van der Waals surface area contributed by atoms with Gasteiger partial charge in [-0.25, -0.2) is 9.78 Å². The predicted octanol–water partition coefficient (Wildman–Crippen LogP) is 0.531. The molecule has 5 nitrogen and oxygen atoms in total. The molecule has 0 radical (unpaired) electrons. The number of carboxylic acids is 1. The van der Waals surface area contributed by atoms with Crippen molar-refractivity contribution in [3.63, 3.8) is 0 Å². The molecule has 1 aromatic heterocycles. The lowest BCUT2D eigenvalue weighted by molar-refractivity contribution is 0.0690. The van der Waals surface area contributed by atoms with Crippen LogP contribution in [0.3, 0.4) is 0 Å². The first kappa shape index (κ1) is 11.7. The lowest BCUT2D eigenvalue weighted by atomic mass is 10.2. The van der Waals surface area contributed by atoms with Gasteiger partial charge in [-0.1, -0.05) is 5.92 Å². The Morgan fingerprint density at radius 1 is 1.62 bits per heavy atom. The minimum atomic E-state index is -1.18. The van der Waals surface area contributed by atoms with Crippen molar-refractivity contribution in [1.82, 2.24) is 10.3 Å². The van der Waals surface area contributed by atoms with Crippen LogP contribution in [0, 0.1) is 12.3 Å². The highest BCUT2D eigenvalue weighted by Crippen LogP contribution is 2.02. The van der Waals surface area contributed by atoms with E-state index in [1.807, 2.05) is 0 Å². The number of hydrogen-bond donors (Lipinski definition) is 2. The highest BCUT2D eigenvalue weighted by molar-refractivity contribution is 5.96. The SMILES string of the molecule is C#CC(C)NC(=O)c1ccnc(C(=O)O)c1. The van der Waals surface area contributed by atoms with E-state index in [4.69, 9.17) is 11.5 Å². The van der Waals surface area contributed by atoms with Crippen molar-refractivity contribution < 1.29 is 14.7 Å². The van der Waals surface area contributed by atoms with Crippen molar-refractivity contribution in [3.8, 4) is 12.3 Å². The van der Waals surface area contributed by atoms with Crippen LogP contribution in [0.2, 0.25) is 0 Å². The number of amides is 1. The van der Waals surface area contributed by atoms with Gasteiger partial charge in [-0.2, -0.15) is 0 Å². The Balaban J connectivity index is 2.89. The van der Waals surface area contributed by atoms with Crippen LogP contribution in [0.25, 0.3) is 0 Å². The summed E-state index contributed by atoms with van der Waals surface area (Å²) in [6, 6.07) is 2.21. The quantitative estimate of drug-likeness (QED) is 0.725. The van der Waals surface area contributed by atoms with E-state index >= 15 is 0 Å². The summed E-state index contributed by atoms with van der Waals surface area (Å²) < 4.78 is 0. The first-order valence-electron chi connectivity index (χ1n) is 4.51. The number of carbonyl (C=O) groups is 2. The lowest BCUT2D eigenvalue weighted by Gasteiger charge is -2.07. The molecule has 1 amide bonds. The molecule has 0 aliphatic heterocycles. The van der Waals surface area contributed by atoms with Crippen LogP contribution in [0.1, 0.15) is 27.8 Å². The fourth-order valence-electron chi connectivity index (χ4n) is 1.01. The van der Waals surface area contributed by atoms with E-state index in [0.29, 0.717) is 0 Å². The van der Waals surface area contributed by atoms with Crippen molar-refractivity contribution in [1.29, 1.82) is 0 Å². The number of nitrogens with one attached hydrogen (secondary N) is 1. The van der Waals surface area contributed by atoms with E-state index in [0.717, 1.165) is 0 Å². The summed E-state index contributed by atoms with van der Waals surface area (Å²) in [6.45, 7) is 1.65. The third-order valence-electron chi connectivity index (χ3n) is 1.84. The number of terminal acetylenes is 1. The van der Waals surface area contributed by atoms with E-state index in [1.165, 1.54) is 18.3 Å². The predicted molar refractivity (Wildman–Crippen MR) is 57.0 cm³/mol. The highest BCUT2D eigenvalue weighted by Gasteiger charge is 2.11. The molecular weight excluding hydrogens is 208 g/mol.